The summed E-state index contributed by atoms with van der Waals surface area (Å²) in [6.07, 6.45) is -0.490. The zero-order chi connectivity index (χ0) is 27.7. The number of amides is 1. The Morgan fingerprint density at radius 3 is 2.34 bits per heavy atom. The number of ether oxygens (including phenoxy) is 1. The van der Waals surface area contributed by atoms with Gasteiger partial charge in [-0.3, -0.25) is 4.79 Å². The molecule has 38 heavy (non-hydrogen) atoms. The first-order valence-corrected chi connectivity index (χ1v) is 12.6. The van der Waals surface area contributed by atoms with Crippen LogP contribution in [0.15, 0.2) is 41.6 Å². The highest BCUT2D eigenvalue weighted by Crippen LogP contribution is 2.30. The average Bonchev–Trinajstić information content (AvgIpc) is 3.53. The van der Waals surface area contributed by atoms with E-state index in [4.69, 9.17) is 0 Å². The molecule has 3 heterocycles. The first-order valence-electron chi connectivity index (χ1n) is 11.1. The van der Waals surface area contributed by atoms with Gasteiger partial charge in [0.05, 0.1) is 10.9 Å². The summed E-state index contributed by atoms with van der Waals surface area (Å²) in [6, 6.07) is 2.00. The minimum Gasteiger partial charge on any atom is -0.406 e. The molecule has 1 N–H and O–H groups in total. The summed E-state index contributed by atoms with van der Waals surface area (Å²) >= 11 is 0. The molecule has 4 rings (SSSR count). The second-order valence-corrected chi connectivity index (χ2v) is 10.1. The first-order chi connectivity index (χ1) is 17.8. The fraction of sp³-hybridized carbons (Fsp3) is 0.381. The monoisotopic (exact) mass is 561 g/mol. The summed E-state index contributed by atoms with van der Waals surface area (Å²) in [7, 11) is -5.35. The number of halogens is 5. The highest BCUT2D eigenvalue weighted by Gasteiger charge is 2.34. The summed E-state index contributed by atoms with van der Waals surface area (Å²) < 4.78 is 93.4. The molecule has 2 aromatic heterocycles. The van der Waals surface area contributed by atoms with E-state index in [0.29, 0.717) is 31.2 Å². The number of aromatic nitrogens is 5. The average molecular weight is 561 g/mol. The molecule has 204 valence electrons. The molecular formula is C21H20F5N7O4S. The minimum absolute atomic E-state index is 0.132. The molecule has 0 spiro atoms. The lowest BCUT2D eigenvalue weighted by atomic mass is 10.2. The Morgan fingerprint density at radius 2 is 1.74 bits per heavy atom. The highest BCUT2D eigenvalue weighted by molar-refractivity contribution is 7.91. The van der Waals surface area contributed by atoms with Crippen molar-refractivity contribution in [3.63, 3.8) is 0 Å². The van der Waals surface area contributed by atoms with Crippen molar-refractivity contribution in [2.45, 2.75) is 42.8 Å². The Morgan fingerprint density at radius 1 is 1.08 bits per heavy atom. The smallest absolute Gasteiger partial charge is 0.406 e. The van der Waals surface area contributed by atoms with Gasteiger partial charge in [-0.05, 0) is 44.0 Å². The second-order valence-electron chi connectivity index (χ2n) is 8.17. The van der Waals surface area contributed by atoms with E-state index >= 15 is 0 Å². The van der Waals surface area contributed by atoms with E-state index in [-0.39, 0.29) is 17.8 Å². The summed E-state index contributed by atoms with van der Waals surface area (Å²) in [6.45, 7) is 2.89. The number of nitrogens with zero attached hydrogens (tertiary/aromatic N) is 6. The van der Waals surface area contributed by atoms with Crippen LogP contribution < -0.4 is 15.0 Å². The van der Waals surface area contributed by atoms with Gasteiger partial charge in [-0.25, -0.2) is 18.4 Å². The number of alkyl halides is 5. The molecule has 1 fully saturated rings. The third-order valence-corrected chi connectivity index (χ3v) is 6.79. The van der Waals surface area contributed by atoms with Crippen LogP contribution >= 0.6 is 0 Å². The summed E-state index contributed by atoms with van der Waals surface area (Å²) in [5.41, 5.74) is -0.667. The lowest BCUT2D eigenvalue weighted by Gasteiger charge is -2.16. The Labute approximate surface area is 212 Å². The summed E-state index contributed by atoms with van der Waals surface area (Å²) in [5.74, 6) is -5.54. The lowest BCUT2D eigenvalue weighted by molar-refractivity contribution is -0.274. The van der Waals surface area contributed by atoms with Crippen LogP contribution in [0.25, 0.3) is 5.95 Å². The van der Waals surface area contributed by atoms with E-state index in [1.54, 1.807) is 6.07 Å². The van der Waals surface area contributed by atoms with E-state index in [9.17, 15) is 35.2 Å². The summed E-state index contributed by atoms with van der Waals surface area (Å²) in [4.78, 5) is 26.4. The molecule has 0 radical (unpaired) electrons. The predicted octanol–water partition coefficient (Wildman–Crippen LogP) is 3.04. The predicted molar refractivity (Wildman–Crippen MR) is 121 cm³/mol. The van der Waals surface area contributed by atoms with Gasteiger partial charge in [-0.1, -0.05) is 0 Å². The maximum atomic E-state index is 13.1. The number of hydrogen-bond acceptors (Lipinski definition) is 9. The van der Waals surface area contributed by atoms with Crippen LogP contribution in [0.5, 0.6) is 5.75 Å². The van der Waals surface area contributed by atoms with Crippen molar-refractivity contribution in [3.8, 4) is 11.7 Å². The van der Waals surface area contributed by atoms with Crippen molar-refractivity contribution in [3.05, 3.63) is 48.0 Å². The van der Waals surface area contributed by atoms with Crippen LogP contribution in [0.4, 0.5) is 27.9 Å². The van der Waals surface area contributed by atoms with Crippen molar-refractivity contribution in [2.75, 3.05) is 18.0 Å². The Bertz CT molecular complexity index is 1410. The van der Waals surface area contributed by atoms with Gasteiger partial charge in [-0.2, -0.15) is 18.4 Å². The van der Waals surface area contributed by atoms with Gasteiger partial charge in [0.15, 0.2) is 5.82 Å². The molecule has 1 aromatic carbocycles. The zero-order valence-electron chi connectivity index (χ0n) is 19.6. The number of nitrogens with one attached hydrogen (secondary N) is 1. The molecule has 0 unspecified atom stereocenters. The molecule has 17 heteroatoms. The van der Waals surface area contributed by atoms with Gasteiger partial charge in [0.25, 0.3) is 11.9 Å². The van der Waals surface area contributed by atoms with Crippen LogP contribution in [-0.4, -0.2) is 64.3 Å². The van der Waals surface area contributed by atoms with Crippen LogP contribution in [-0.2, 0) is 9.84 Å². The van der Waals surface area contributed by atoms with Gasteiger partial charge < -0.3 is 15.0 Å². The van der Waals surface area contributed by atoms with Crippen molar-refractivity contribution in [2.24, 2.45) is 0 Å². The number of benzene rings is 1. The normalized spacial score (nSPS) is 15.1. The molecule has 0 saturated carbocycles. The van der Waals surface area contributed by atoms with Crippen molar-refractivity contribution >= 4 is 21.7 Å². The van der Waals surface area contributed by atoms with Gasteiger partial charge in [0, 0.05) is 31.0 Å². The lowest BCUT2D eigenvalue weighted by Crippen LogP contribution is -2.29. The van der Waals surface area contributed by atoms with Gasteiger partial charge >= 0.3 is 12.1 Å². The molecule has 1 amide bonds. The third kappa shape index (κ3) is 5.98. The van der Waals surface area contributed by atoms with E-state index in [2.05, 4.69) is 30.1 Å². The van der Waals surface area contributed by atoms with Crippen molar-refractivity contribution in [1.82, 2.24) is 30.0 Å². The van der Waals surface area contributed by atoms with Crippen molar-refractivity contribution in [1.29, 1.82) is 0 Å². The quantitative estimate of drug-likeness (QED) is 0.412. The molecule has 0 aliphatic carbocycles. The van der Waals surface area contributed by atoms with E-state index in [0.717, 1.165) is 12.8 Å². The molecular weight excluding hydrogens is 541 g/mol. The number of anilines is 1. The van der Waals surface area contributed by atoms with E-state index < -0.39 is 50.1 Å². The summed E-state index contributed by atoms with van der Waals surface area (Å²) in [5, 5.41) is 6.90. The largest absolute Gasteiger partial charge is 0.573 e. The molecule has 3 aromatic rings. The Hall–Kier alpha value is -3.89. The minimum atomic E-state index is -5.35. The van der Waals surface area contributed by atoms with Crippen LogP contribution in [0.1, 0.15) is 42.0 Å². The fourth-order valence-electron chi connectivity index (χ4n) is 3.70. The standard InChI is InChI=1S/C21H20F5N7O4S/c1-12(16-30-20(32-7-2-3-8-32)31-33(16)19-27-5-4-6-28-19)29-17(34)13-9-14(37-21(24,25)26)11-15(10-13)38(35,36)18(22)23/h4-6,9-12,18H,2-3,7-8H2,1H3,(H,29,34)/t12-/m0/s1. The Balaban J connectivity index is 1.68. The SMILES string of the molecule is C[C@H](NC(=O)c1cc(OC(F)(F)F)cc(S(=O)(=O)C(F)F)c1)c1nc(N2CCCC2)nn1-c1ncccn1. The van der Waals surface area contributed by atoms with Crippen LogP contribution in [0, 0.1) is 0 Å². The maximum Gasteiger partial charge on any atom is 0.573 e. The number of carbonyl (C=O) groups is 1. The van der Waals surface area contributed by atoms with Gasteiger partial charge in [0.1, 0.15) is 5.75 Å². The van der Waals surface area contributed by atoms with Crippen molar-refractivity contribution < 1.29 is 39.9 Å². The third-order valence-electron chi connectivity index (χ3n) is 5.43. The second kappa shape index (κ2) is 10.5. The number of sulfone groups is 1. The topological polar surface area (TPSA) is 132 Å². The van der Waals surface area contributed by atoms with Gasteiger partial charge in [0.2, 0.25) is 15.8 Å². The zero-order valence-corrected chi connectivity index (χ0v) is 20.4. The van der Waals surface area contributed by atoms with E-state index in [1.165, 1.54) is 24.0 Å². The molecule has 1 saturated heterocycles. The molecule has 1 atom stereocenters. The molecule has 11 nitrogen and oxygen atoms in total. The van der Waals surface area contributed by atoms with Crippen LogP contribution in [0.2, 0.25) is 0 Å². The molecule has 1 aliphatic heterocycles. The first kappa shape index (κ1) is 27.2. The molecule has 0 bridgehead atoms. The molecule has 1 aliphatic rings. The highest BCUT2D eigenvalue weighted by atomic mass is 32.2. The number of carbonyl (C=O) groups excluding carboxylic acids is 1. The van der Waals surface area contributed by atoms with E-state index in [1.807, 2.05) is 4.90 Å². The maximum absolute atomic E-state index is 13.1. The number of hydrogen-bond donors (Lipinski definition) is 1. The van der Waals surface area contributed by atoms with Gasteiger partial charge in [-0.15, -0.1) is 18.3 Å². The fourth-order valence-corrected chi connectivity index (χ4v) is 4.48. The number of rotatable bonds is 8. The Kier molecular flexibility index (Phi) is 7.48. The van der Waals surface area contributed by atoms with Crippen LogP contribution in [0.3, 0.4) is 0 Å².